The van der Waals surface area contributed by atoms with E-state index in [1.807, 2.05) is 78.6 Å². The van der Waals surface area contributed by atoms with Gasteiger partial charge in [-0.25, -0.2) is 8.42 Å². The molecule has 0 unspecified atom stereocenters. The maximum Gasteiger partial charge on any atom is 0.243 e. The van der Waals surface area contributed by atoms with Gasteiger partial charge in [-0.05, 0) is 67.5 Å². The number of nitrogens with zero attached hydrogens (tertiary/aromatic N) is 2. The van der Waals surface area contributed by atoms with Crippen molar-refractivity contribution in [2.24, 2.45) is 5.92 Å². The van der Waals surface area contributed by atoms with E-state index in [2.05, 4.69) is 0 Å². The van der Waals surface area contributed by atoms with Crippen molar-refractivity contribution in [1.29, 1.82) is 0 Å². The lowest BCUT2D eigenvalue weighted by molar-refractivity contribution is -0.120. The van der Waals surface area contributed by atoms with E-state index in [1.54, 1.807) is 16.4 Å². The molecule has 0 spiro atoms. The summed E-state index contributed by atoms with van der Waals surface area (Å²) < 4.78 is 29.2. The second-order valence-electron chi connectivity index (χ2n) is 9.39. The minimum Gasteiger partial charge on any atom is -0.309 e. The molecule has 0 saturated heterocycles. The van der Waals surface area contributed by atoms with E-state index in [4.69, 9.17) is 0 Å². The molecule has 176 valence electrons. The predicted molar refractivity (Wildman–Crippen MR) is 134 cm³/mol. The fourth-order valence-electron chi connectivity index (χ4n) is 4.75. The largest absolute Gasteiger partial charge is 0.309 e. The first kappa shape index (κ1) is 22.8. The molecule has 1 aliphatic carbocycles. The normalized spacial score (nSPS) is 17.7. The number of fused-ring (bicyclic) bond motifs is 1. The summed E-state index contributed by atoms with van der Waals surface area (Å²) in [7, 11) is -3.72. The Hall–Kier alpha value is -2.96. The van der Waals surface area contributed by atoms with Crippen molar-refractivity contribution < 1.29 is 13.2 Å². The Balaban J connectivity index is 1.43. The summed E-state index contributed by atoms with van der Waals surface area (Å²) in [6.07, 6.45) is 3.23. The molecule has 5 nitrogen and oxygen atoms in total. The van der Waals surface area contributed by atoms with Gasteiger partial charge in [0.15, 0.2) is 0 Å². The lowest BCUT2D eigenvalue weighted by Gasteiger charge is -2.24. The van der Waals surface area contributed by atoms with Crippen molar-refractivity contribution in [3.05, 3.63) is 95.6 Å². The molecule has 1 amide bonds. The third kappa shape index (κ3) is 4.65. The molecule has 3 aromatic carbocycles. The quantitative estimate of drug-likeness (QED) is 0.471. The molecule has 1 atom stereocenters. The molecule has 34 heavy (non-hydrogen) atoms. The monoisotopic (exact) mass is 474 g/mol. The van der Waals surface area contributed by atoms with Crippen LogP contribution in [-0.2, 0) is 34.2 Å². The molecule has 1 aliphatic heterocycles. The summed E-state index contributed by atoms with van der Waals surface area (Å²) in [5.41, 5.74) is 3.86. The number of carbonyl (C=O) groups excluding carboxylic acids is 1. The minimum atomic E-state index is -3.72. The predicted octanol–water partition coefficient (Wildman–Crippen LogP) is 4.81. The number of hydrogen-bond donors (Lipinski definition) is 0. The number of anilines is 1. The summed E-state index contributed by atoms with van der Waals surface area (Å²) in [4.78, 5) is 15.0. The SMILES string of the molecule is C[C@@H]1Cc2cc(S(=O)(=O)N(CCc3ccccc3)Cc3ccccc3)ccc2N1C(=O)C1CC1. The van der Waals surface area contributed by atoms with Crippen LogP contribution in [0.4, 0.5) is 5.69 Å². The summed E-state index contributed by atoms with van der Waals surface area (Å²) >= 11 is 0. The third-order valence-electron chi connectivity index (χ3n) is 6.76. The fourth-order valence-corrected chi connectivity index (χ4v) is 6.23. The molecular weight excluding hydrogens is 444 g/mol. The minimum absolute atomic E-state index is 0.0551. The topological polar surface area (TPSA) is 57.7 Å². The Bertz CT molecular complexity index is 1270. The van der Waals surface area contributed by atoms with Crippen molar-refractivity contribution in [1.82, 2.24) is 4.31 Å². The van der Waals surface area contributed by atoms with Crippen LogP contribution in [0, 0.1) is 5.92 Å². The Morgan fingerprint density at radius 1 is 0.941 bits per heavy atom. The lowest BCUT2D eigenvalue weighted by atomic mass is 10.1. The van der Waals surface area contributed by atoms with E-state index in [9.17, 15) is 13.2 Å². The van der Waals surface area contributed by atoms with Crippen molar-refractivity contribution >= 4 is 21.6 Å². The third-order valence-corrected chi connectivity index (χ3v) is 8.60. The Labute approximate surface area is 202 Å². The summed E-state index contributed by atoms with van der Waals surface area (Å²) in [6.45, 7) is 2.74. The van der Waals surface area contributed by atoms with Crippen LogP contribution in [0.25, 0.3) is 0 Å². The highest BCUT2D eigenvalue weighted by Crippen LogP contribution is 2.39. The first-order chi connectivity index (χ1) is 16.4. The van der Waals surface area contributed by atoms with Gasteiger partial charge in [-0.1, -0.05) is 60.7 Å². The van der Waals surface area contributed by atoms with Crippen LogP contribution >= 0.6 is 0 Å². The van der Waals surface area contributed by atoms with E-state index in [-0.39, 0.29) is 17.9 Å². The van der Waals surface area contributed by atoms with Gasteiger partial charge in [-0.15, -0.1) is 0 Å². The van der Waals surface area contributed by atoms with Gasteiger partial charge >= 0.3 is 0 Å². The van der Waals surface area contributed by atoms with E-state index < -0.39 is 10.0 Å². The summed E-state index contributed by atoms with van der Waals surface area (Å²) in [5.74, 6) is 0.312. The molecule has 2 aliphatic rings. The van der Waals surface area contributed by atoms with Crippen LogP contribution < -0.4 is 4.90 Å². The number of amides is 1. The van der Waals surface area contributed by atoms with Crippen LogP contribution in [-0.4, -0.2) is 31.2 Å². The molecule has 0 N–H and O–H groups in total. The molecule has 0 bridgehead atoms. The Morgan fingerprint density at radius 2 is 1.59 bits per heavy atom. The van der Waals surface area contributed by atoms with E-state index in [0.717, 1.165) is 35.2 Å². The molecule has 1 saturated carbocycles. The number of sulfonamides is 1. The summed E-state index contributed by atoms with van der Waals surface area (Å²) in [6, 6.07) is 25.0. The molecule has 0 radical (unpaired) electrons. The zero-order valence-electron chi connectivity index (χ0n) is 19.4. The maximum atomic E-state index is 13.8. The highest BCUT2D eigenvalue weighted by molar-refractivity contribution is 7.89. The van der Waals surface area contributed by atoms with Crippen LogP contribution in [0.5, 0.6) is 0 Å². The van der Waals surface area contributed by atoms with Crippen molar-refractivity contribution in [3.8, 4) is 0 Å². The number of rotatable bonds is 8. The van der Waals surface area contributed by atoms with Crippen LogP contribution in [0.3, 0.4) is 0 Å². The van der Waals surface area contributed by atoms with E-state index >= 15 is 0 Å². The zero-order valence-corrected chi connectivity index (χ0v) is 20.2. The molecule has 0 aromatic heterocycles. The van der Waals surface area contributed by atoms with E-state index in [0.29, 0.717) is 30.8 Å². The Kier molecular flexibility index (Phi) is 6.28. The fraction of sp³-hybridized carbons (Fsp3) is 0.321. The van der Waals surface area contributed by atoms with Crippen LogP contribution in [0.15, 0.2) is 83.8 Å². The van der Waals surface area contributed by atoms with Gasteiger partial charge in [0, 0.05) is 30.7 Å². The van der Waals surface area contributed by atoms with Crippen LogP contribution in [0.1, 0.15) is 36.5 Å². The average molecular weight is 475 g/mol. The molecule has 3 aromatic rings. The second-order valence-corrected chi connectivity index (χ2v) is 11.3. The maximum absolute atomic E-state index is 13.8. The first-order valence-corrected chi connectivity index (χ1v) is 13.4. The summed E-state index contributed by atoms with van der Waals surface area (Å²) in [5, 5.41) is 0. The highest BCUT2D eigenvalue weighted by Gasteiger charge is 2.40. The zero-order chi connectivity index (χ0) is 23.7. The Morgan fingerprint density at radius 3 is 2.24 bits per heavy atom. The standard InChI is InChI=1S/C28H30N2O3S/c1-21-18-25-19-26(14-15-27(25)30(21)28(31)24-12-13-24)34(32,33)29(20-23-10-6-3-7-11-23)17-16-22-8-4-2-5-9-22/h2-11,14-15,19,21,24H,12-13,16-18,20H2,1H3/t21-/m1/s1. The molecule has 1 heterocycles. The number of hydrogen-bond acceptors (Lipinski definition) is 3. The molecule has 5 rings (SSSR count). The molecular formula is C28H30N2O3S. The average Bonchev–Trinajstić information content (AvgIpc) is 3.64. The first-order valence-electron chi connectivity index (χ1n) is 12.0. The van der Waals surface area contributed by atoms with Gasteiger partial charge in [0.25, 0.3) is 0 Å². The van der Waals surface area contributed by atoms with Crippen molar-refractivity contribution in [2.45, 2.75) is 50.1 Å². The van der Waals surface area contributed by atoms with Crippen molar-refractivity contribution in [2.75, 3.05) is 11.4 Å². The van der Waals surface area contributed by atoms with Gasteiger partial charge in [-0.2, -0.15) is 4.31 Å². The van der Waals surface area contributed by atoms with Gasteiger partial charge in [0.05, 0.1) is 4.90 Å². The van der Waals surface area contributed by atoms with Gasteiger partial charge < -0.3 is 4.90 Å². The van der Waals surface area contributed by atoms with Gasteiger partial charge in [0.2, 0.25) is 15.9 Å². The molecule has 6 heteroatoms. The molecule has 1 fully saturated rings. The van der Waals surface area contributed by atoms with Gasteiger partial charge in [0.1, 0.15) is 0 Å². The number of benzene rings is 3. The number of carbonyl (C=O) groups is 1. The second kappa shape index (κ2) is 9.35. The highest BCUT2D eigenvalue weighted by atomic mass is 32.2. The smallest absolute Gasteiger partial charge is 0.243 e. The lowest BCUT2D eigenvalue weighted by Crippen LogP contribution is -2.36. The van der Waals surface area contributed by atoms with Crippen molar-refractivity contribution in [3.63, 3.8) is 0 Å². The van der Waals surface area contributed by atoms with Crippen LogP contribution in [0.2, 0.25) is 0 Å². The van der Waals surface area contributed by atoms with Gasteiger partial charge in [-0.3, -0.25) is 4.79 Å². The van der Waals surface area contributed by atoms with E-state index in [1.165, 1.54) is 0 Å².